The third kappa shape index (κ3) is 2.68. The molecular weight excluding hydrogens is 184 g/mol. The molecule has 0 aliphatic carbocycles. The van der Waals surface area contributed by atoms with Crippen molar-refractivity contribution in [1.82, 2.24) is 5.32 Å². The van der Waals surface area contributed by atoms with Crippen molar-refractivity contribution in [1.29, 1.82) is 5.26 Å². The van der Waals surface area contributed by atoms with Gasteiger partial charge in [-0.2, -0.15) is 5.26 Å². The highest BCUT2D eigenvalue weighted by atomic mass is 14.9. The largest absolute Gasteiger partial charge is 0.316 e. The molecule has 76 valence electrons. The van der Waals surface area contributed by atoms with Gasteiger partial charge in [0.05, 0.1) is 11.6 Å². The minimum atomic E-state index is 0.735. The second-order valence-electron chi connectivity index (χ2n) is 3.79. The zero-order valence-corrected chi connectivity index (χ0v) is 8.66. The number of hydrogen-bond donors (Lipinski definition) is 1. The Hall–Kier alpha value is -1.59. The van der Waals surface area contributed by atoms with Gasteiger partial charge in [0, 0.05) is 0 Å². The van der Waals surface area contributed by atoms with E-state index in [9.17, 15) is 0 Å². The van der Waals surface area contributed by atoms with Crippen molar-refractivity contribution in [3.63, 3.8) is 0 Å². The first-order valence-corrected chi connectivity index (χ1v) is 5.29. The summed E-state index contributed by atoms with van der Waals surface area (Å²) in [4.78, 5) is 0. The van der Waals surface area contributed by atoms with Gasteiger partial charge in [-0.1, -0.05) is 23.8 Å². The zero-order valence-electron chi connectivity index (χ0n) is 8.66. The Morgan fingerprint density at radius 3 is 2.80 bits per heavy atom. The van der Waals surface area contributed by atoms with Crippen LogP contribution < -0.4 is 5.32 Å². The first-order chi connectivity index (χ1) is 7.38. The summed E-state index contributed by atoms with van der Waals surface area (Å²) in [6.07, 6.45) is 4.45. The van der Waals surface area contributed by atoms with Gasteiger partial charge in [0.2, 0.25) is 0 Å². The van der Waals surface area contributed by atoms with E-state index in [4.69, 9.17) is 5.26 Å². The molecule has 2 nitrogen and oxygen atoms in total. The maximum Gasteiger partial charge on any atom is 0.0991 e. The number of hydrogen-bond acceptors (Lipinski definition) is 2. The monoisotopic (exact) mass is 198 g/mol. The number of rotatable bonds is 1. The second-order valence-corrected chi connectivity index (χ2v) is 3.79. The number of nitrogens with zero attached hydrogens (tertiary/aromatic N) is 1. The Kier molecular flexibility index (Phi) is 3.16. The summed E-state index contributed by atoms with van der Waals surface area (Å²) in [6, 6.07) is 9.93. The van der Waals surface area contributed by atoms with Crippen LogP contribution in [0.5, 0.6) is 0 Å². The average molecular weight is 198 g/mol. The van der Waals surface area contributed by atoms with E-state index in [1.54, 1.807) is 0 Å². The van der Waals surface area contributed by atoms with Crippen LogP contribution in [0.2, 0.25) is 0 Å². The zero-order chi connectivity index (χ0) is 10.5. The summed E-state index contributed by atoms with van der Waals surface area (Å²) in [5, 5.41) is 12.1. The Bertz CT molecular complexity index is 405. The molecule has 0 radical (unpaired) electrons. The van der Waals surface area contributed by atoms with E-state index in [2.05, 4.69) is 23.5 Å². The van der Waals surface area contributed by atoms with Gasteiger partial charge >= 0.3 is 0 Å². The highest BCUT2D eigenvalue weighted by molar-refractivity contribution is 5.55. The lowest BCUT2D eigenvalue weighted by molar-refractivity contribution is 0.613. The maximum absolute atomic E-state index is 8.79. The van der Waals surface area contributed by atoms with Gasteiger partial charge in [-0.15, -0.1) is 0 Å². The quantitative estimate of drug-likeness (QED) is 0.751. The van der Waals surface area contributed by atoms with Crippen molar-refractivity contribution in [2.24, 2.45) is 0 Å². The molecule has 1 saturated heterocycles. The molecule has 0 saturated carbocycles. The summed E-state index contributed by atoms with van der Waals surface area (Å²) in [7, 11) is 0. The normalized spacial score (nSPS) is 15.8. The van der Waals surface area contributed by atoms with E-state index >= 15 is 0 Å². The van der Waals surface area contributed by atoms with Gasteiger partial charge in [-0.05, 0) is 43.6 Å². The summed E-state index contributed by atoms with van der Waals surface area (Å²) >= 11 is 0. The van der Waals surface area contributed by atoms with Gasteiger partial charge < -0.3 is 5.32 Å². The highest BCUT2D eigenvalue weighted by Gasteiger charge is 2.04. The van der Waals surface area contributed by atoms with Crippen molar-refractivity contribution in [3.8, 4) is 6.07 Å². The summed E-state index contributed by atoms with van der Waals surface area (Å²) in [5.74, 6) is 0. The van der Waals surface area contributed by atoms with Crippen molar-refractivity contribution in [2.75, 3.05) is 13.1 Å². The lowest BCUT2D eigenvalue weighted by Crippen LogP contribution is -2.22. The molecule has 15 heavy (non-hydrogen) atoms. The van der Waals surface area contributed by atoms with Gasteiger partial charge in [0.25, 0.3) is 0 Å². The fourth-order valence-corrected chi connectivity index (χ4v) is 1.83. The molecule has 2 rings (SSSR count). The molecule has 1 aliphatic rings. The first kappa shape index (κ1) is 9.95. The van der Waals surface area contributed by atoms with Crippen LogP contribution in [0.3, 0.4) is 0 Å². The van der Waals surface area contributed by atoms with Crippen molar-refractivity contribution >= 4 is 6.08 Å². The molecule has 1 aromatic carbocycles. The van der Waals surface area contributed by atoms with E-state index in [1.807, 2.05) is 18.2 Å². The van der Waals surface area contributed by atoms with E-state index < -0.39 is 0 Å². The van der Waals surface area contributed by atoms with E-state index in [0.717, 1.165) is 37.1 Å². The summed E-state index contributed by atoms with van der Waals surface area (Å²) < 4.78 is 0. The molecule has 1 heterocycles. The molecule has 2 heteroatoms. The van der Waals surface area contributed by atoms with Crippen LogP contribution in [-0.4, -0.2) is 13.1 Å². The molecule has 0 atom stereocenters. The SMILES string of the molecule is N#Cc1cccc(C=C2CCNCC2)c1. The van der Waals surface area contributed by atoms with Crippen LogP contribution in [0.1, 0.15) is 24.0 Å². The van der Waals surface area contributed by atoms with E-state index in [-0.39, 0.29) is 0 Å². The van der Waals surface area contributed by atoms with E-state index in [1.165, 1.54) is 5.57 Å². The fourth-order valence-electron chi connectivity index (χ4n) is 1.83. The number of nitrogens with one attached hydrogen (secondary N) is 1. The molecule has 0 spiro atoms. The molecule has 1 fully saturated rings. The van der Waals surface area contributed by atoms with Crippen molar-refractivity contribution in [3.05, 3.63) is 41.0 Å². The number of piperidine rings is 1. The predicted octanol–water partition coefficient (Wildman–Crippen LogP) is 2.33. The first-order valence-electron chi connectivity index (χ1n) is 5.29. The lowest BCUT2D eigenvalue weighted by atomic mass is 10.0. The molecule has 1 aromatic rings. The maximum atomic E-state index is 8.79. The predicted molar refractivity (Wildman–Crippen MR) is 61.2 cm³/mol. The standard InChI is InChI=1S/C13H14N2/c14-10-13-3-1-2-12(9-13)8-11-4-6-15-7-5-11/h1-3,8-9,15H,4-7H2. The smallest absolute Gasteiger partial charge is 0.0991 e. The van der Waals surface area contributed by atoms with Crippen molar-refractivity contribution < 1.29 is 0 Å². The Labute approximate surface area is 90.2 Å². The molecular formula is C13H14N2. The van der Waals surface area contributed by atoms with Crippen LogP contribution in [0, 0.1) is 11.3 Å². The third-order valence-corrected chi connectivity index (χ3v) is 2.63. The Morgan fingerprint density at radius 1 is 1.27 bits per heavy atom. The Balaban J connectivity index is 2.19. The van der Waals surface area contributed by atoms with Gasteiger partial charge in [0.15, 0.2) is 0 Å². The molecule has 0 unspecified atom stereocenters. The van der Waals surface area contributed by atoms with Crippen LogP contribution >= 0.6 is 0 Å². The summed E-state index contributed by atoms with van der Waals surface area (Å²) in [5.41, 5.74) is 3.35. The lowest BCUT2D eigenvalue weighted by Gasteiger charge is -2.15. The van der Waals surface area contributed by atoms with Crippen molar-refractivity contribution in [2.45, 2.75) is 12.8 Å². The van der Waals surface area contributed by atoms with Crippen LogP contribution in [0.25, 0.3) is 6.08 Å². The third-order valence-electron chi connectivity index (χ3n) is 2.63. The number of benzene rings is 1. The topological polar surface area (TPSA) is 35.8 Å². The Morgan fingerprint density at radius 2 is 2.07 bits per heavy atom. The van der Waals surface area contributed by atoms with Gasteiger partial charge in [-0.3, -0.25) is 0 Å². The second kappa shape index (κ2) is 4.77. The number of nitriles is 1. The molecule has 1 aliphatic heterocycles. The van der Waals surface area contributed by atoms with E-state index in [0.29, 0.717) is 0 Å². The molecule has 0 bridgehead atoms. The van der Waals surface area contributed by atoms with Crippen LogP contribution in [-0.2, 0) is 0 Å². The molecule has 0 aromatic heterocycles. The fraction of sp³-hybridized carbons (Fsp3) is 0.308. The minimum absolute atomic E-state index is 0.735. The van der Waals surface area contributed by atoms with Gasteiger partial charge in [-0.25, -0.2) is 0 Å². The average Bonchev–Trinajstić information content (AvgIpc) is 2.31. The molecule has 0 amide bonds. The van der Waals surface area contributed by atoms with Crippen LogP contribution in [0.15, 0.2) is 29.8 Å². The highest BCUT2D eigenvalue weighted by Crippen LogP contribution is 2.15. The minimum Gasteiger partial charge on any atom is -0.316 e. The van der Waals surface area contributed by atoms with Crippen LogP contribution in [0.4, 0.5) is 0 Å². The van der Waals surface area contributed by atoms with Gasteiger partial charge in [0.1, 0.15) is 0 Å². The summed E-state index contributed by atoms with van der Waals surface area (Å²) in [6.45, 7) is 2.15. The molecule has 1 N–H and O–H groups in total.